The van der Waals surface area contributed by atoms with E-state index in [-0.39, 0.29) is 5.91 Å². The molecule has 2 aliphatic carbocycles. The van der Waals surface area contributed by atoms with E-state index in [1.165, 1.54) is 25.7 Å². The molecule has 1 aromatic rings. The van der Waals surface area contributed by atoms with Gasteiger partial charge in [0.1, 0.15) is 0 Å². The van der Waals surface area contributed by atoms with Gasteiger partial charge in [0.2, 0.25) is 17.7 Å². The first-order chi connectivity index (χ1) is 11.2. The lowest BCUT2D eigenvalue weighted by Gasteiger charge is -2.17. The minimum Gasteiger partial charge on any atom is -0.425 e. The third-order valence-electron chi connectivity index (χ3n) is 5.21. The molecule has 3 rings (SSSR count). The third kappa shape index (κ3) is 4.53. The van der Waals surface area contributed by atoms with E-state index < -0.39 is 6.10 Å². The van der Waals surface area contributed by atoms with E-state index in [4.69, 9.17) is 4.42 Å². The van der Waals surface area contributed by atoms with E-state index in [0.717, 1.165) is 31.6 Å². The maximum atomic E-state index is 11.9. The number of aromatic nitrogens is 2. The van der Waals surface area contributed by atoms with E-state index in [2.05, 4.69) is 15.5 Å². The molecule has 128 valence electrons. The predicted octanol–water partition coefficient (Wildman–Crippen LogP) is 2.33. The molecule has 0 spiro atoms. The summed E-state index contributed by atoms with van der Waals surface area (Å²) in [6.45, 7) is 0.348. The molecular weight excluding hydrogens is 294 g/mol. The molecule has 23 heavy (non-hydrogen) atoms. The monoisotopic (exact) mass is 321 g/mol. The summed E-state index contributed by atoms with van der Waals surface area (Å²) in [7, 11) is 0. The normalized spacial score (nSPS) is 20.9. The van der Waals surface area contributed by atoms with Crippen LogP contribution in [-0.2, 0) is 11.2 Å². The van der Waals surface area contributed by atoms with Crippen LogP contribution in [0.4, 0.5) is 0 Å². The number of aliphatic hydroxyl groups excluding tert-OH is 1. The molecular formula is C17H27N3O3. The average Bonchev–Trinajstić information content (AvgIpc) is 3.32. The Morgan fingerprint density at radius 1 is 1.17 bits per heavy atom. The lowest BCUT2D eigenvalue weighted by atomic mass is 10.0. The number of amides is 1. The van der Waals surface area contributed by atoms with E-state index >= 15 is 0 Å². The Balaban J connectivity index is 1.37. The first-order valence-electron chi connectivity index (χ1n) is 8.99. The standard InChI is InChI=1S/C17H27N3O3/c21-14(12-5-1-2-6-12)11-18-15(22)9-10-16-19-20-17(23-16)13-7-3-4-8-13/h12-14,21H,1-11H2,(H,18,22). The largest absolute Gasteiger partial charge is 0.425 e. The molecule has 0 aliphatic heterocycles. The molecule has 2 fully saturated rings. The van der Waals surface area contributed by atoms with Crippen molar-refractivity contribution in [3.8, 4) is 0 Å². The minimum atomic E-state index is -0.418. The van der Waals surface area contributed by atoms with Crippen LogP contribution in [0.15, 0.2) is 4.42 Å². The van der Waals surface area contributed by atoms with E-state index in [0.29, 0.717) is 37.1 Å². The Kier molecular flexibility index (Phi) is 5.65. The lowest BCUT2D eigenvalue weighted by molar-refractivity contribution is -0.121. The fourth-order valence-electron chi connectivity index (χ4n) is 3.74. The second kappa shape index (κ2) is 7.90. The highest BCUT2D eigenvalue weighted by molar-refractivity contribution is 5.76. The van der Waals surface area contributed by atoms with Crippen LogP contribution in [0.2, 0.25) is 0 Å². The molecule has 2 aliphatic rings. The minimum absolute atomic E-state index is 0.0670. The average molecular weight is 321 g/mol. The van der Waals surface area contributed by atoms with Crippen LogP contribution in [0.3, 0.4) is 0 Å². The summed E-state index contributed by atoms with van der Waals surface area (Å²) in [6, 6.07) is 0. The summed E-state index contributed by atoms with van der Waals surface area (Å²) >= 11 is 0. The summed E-state index contributed by atoms with van der Waals surface area (Å²) in [4.78, 5) is 11.9. The Morgan fingerprint density at radius 3 is 2.61 bits per heavy atom. The van der Waals surface area contributed by atoms with Crippen molar-refractivity contribution < 1.29 is 14.3 Å². The number of carbonyl (C=O) groups excluding carboxylic acids is 1. The zero-order valence-electron chi connectivity index (χ0n) is 13.7. The smallest absolute Gasteiger partial charge is 0.220 e. The highest BCUT2D eigenvalue weighted by atomic mass is 16.4. The fourth-order valence-corrected chi connectivity index (χ4v) is 3.74. The van der Waals surface area contributed by atoms with Crippen molar-refractivity contribution in [2.24, 2.45) is 5.92 Å². The predicted molar refractivity (Wildman–Crippen MR) is 84.8 cm³/mol. The number of aliphatic hydroxyl groups is 1. The lowest BCUT2D eigenvalue weighted by Crippen LogP contribution is -2.35. The van der Waals surface area contributed by atoms with Crippen LogP contribution in [0, 0.1) is 5.92 Å². The molecule has 2 N–H and O–H groups in total. The van der Waals surface area contributed by atoms with Crippen molar-refractivity contribution in [2.45, 2.75) is 76.2 Å². The van der Waals surface area contributed by atoms with Crippen LogP contribution < -0.4 is 5.32 Å². The second-order valence-corrected chi connectivity index (χ2v) is 6.93. The molecule has 0 saturated heterocycles. The quantitative estimate of drug-likeness (QED) is 0.804. The molecule has 1 aromatic heterocycles. The highest BCUT2D eigenvalue weighted by Gasteiger charge is 2.24. The van der Waals surface area contributed by atoms with Crippen molar-refractivity contribution >= 4 is 5.91 Å². The van der Waals surface area contributed by atoms with Gasteiger partial charge in [0.15, 0.2) is 0 Å². The van der Waals surface area contributed by atoms with Gasteiger partial charge in [-0.15, -0.1) is 10.2 Å². The van der Waals surface area contributed by atoms with Gasteiger partial charge in [-0.3, -0.25) is 4.79 Å². The number of aryl methyl sites for hydroxylation is 1. The summed E-state index contributed by atoms with van der Waals surface area (Å²) in [5, 5.41) is 21.0. The maximum Gasteiger partial charge on any atom is 0.220 e. The van der Waals surface area contributed by atoms with Crippen LogP contribution in [-0.4, -0.2) is 33.9 Å². The van der Waals surface area contributed by atoms with Gasteiger partial charge in [-0.25, -0.2) is 0 Å². The van der Waals surface area contributed by atoms with E-state index in [9.17, 15) is 9.90 Å². The molecule has 6 heteroatoms. The number of hydrogen-bond donors (Lipinski definition) is 2. The van der Waals surface area contributed by atoms with Crippen LogP contribution in [0.25, 0.3) is 0 Å². The summed E-state index contributed by atoms with van der Waals surface area (Å²) < 4.78 is 5.67. The van der Waals surface area contributed by atoms with Crippen LogP contribution in [0.5, 0.6) is 0 Å². The first-order valence-corrected chi connectivity index (χ1v) is 8.99. The van der Waals surface area contributed by atoms with Gasteiger partial charge in [0.05, 0.1) is 6.10 Å². The molecule has 0 aromatic carbocycles. The van der Waals surface area contributed by atoms with Crippen molar-refractivity contribution in [1.29, 1.82) is 0 Å². The molecule has 6 nitrogen and oxygen atoms in total. The van der Waals surface area contributed by atoms with E-state index in [1.54, 1.807) is 0 Å². The first kappa shape index (κ1) is 16.4. The van der Waals surface area contributed by atoms with E-state index in [1.807, 2.05) is 0 Å². The van der Waals surface area contributed by atoms with Crippen molar-refractivity contribution in [2.75, 3.05) is 6.54 Å². The Hall–Kier alpha value is -1.43. The van der Waals surface area contributed by atoms with Gasteiger partial charge >= 0.3 is 0 Å². The Labute approximate surface area is 137 Å². The molecule has 2 saturated carbocycles. The van der Waals surface area contributed by atoms with Gasteiger partial charge < -0.3 is 14.8 Å². The van der Waals surface area contributed by atoms with Crippen LogP contribution >= 0.6 is 0 Å². The summed E-state index contributed by atoms with van der Waals surface area (Å²) in [5.41, 5.74) is 0. The molecule has 1 atom stereocenters. The van der Waals surface area contributed by atoms with Gasteiger partial charge in [-0.1, -0.05) is 25.7 Å². The molecule has 1 unspecified atom stereocenters. The van der Waals surface area contributed by atoms with Gasteiger partial charge in [0, 0.05) is 25.3 Å². The molecule has 1 heterocycles. The van der Waals surface area contributed by atoms with Crippen molar-refractivity contribution in [1.82, 2.24) is 15.5 Å². The van der Waals surface area contributed by atoms with Crippen LogP contribution in [0.1, 0.15) is 75.5 Å². The zero-order chi connectivity index (χ0) is 16.1. The maximum absolute atomic E-state index is 11.9. The summed E-state index contributed by atoms with van der Waals surface area (Å²) in [6.07, 6.45) is 9.61. The highest BCUT2D eigenvalue weighted by Crippen LogP contribution is 2.33. The summed E-state index contributed by atoms with van der Waals surface area (Å²) in [5.74, 6) is 1.96. The topological polar surface area (TPSA) is 88.2 Å². The molecule has 0 bridgehead atoms. The van der Waals surface area contributed by atoms with Gasteiger partial charge in [0.25, 0.3) is 0 Å². The zero-order valence-corrected chi connectivity index (χ0v) is 13.7. The second-order valence-electron chi connectivity index (χ2n) is 6.93. The number of hydrogen-bond acceptors (Lipinski definition) is 5. The van der Waals surface area contributed by atoms with Gasteiger partial charge in [-0.2, -0.15) is 0 Å². The number of nitrogens with one attached hydrogen (secondary N) is 1. The SMILES string of the molecule is O=C(CCc1nnc(C2CCCC2)o1)NCC(O)C1CCCC1. The fraction of sp³-hybridized carbons (Fsp3) is 0.824. The number of nitrogens with zero attached hydrogens (tertiary/aromatic N) is 2. The Morgan fingerprint density at radius 2 is 1.87 bits per heavy atom. The number of rotatable bonds is 7. The van der Waals surface area contributed by atoms with Gasteiger partial charge in [-0.05, 0) is 31.6 Å². The molecule has 0 radical (unpaired) electrons. The van der Waals surface area contributed by atoms with Crippen molar-refractivity contribution in [3.63, 3.8) is 0 Å². The Bertz CT molecular complexity index is 505. The number of carbonyl (C=O) groups is 1. The molecule has 1 amide bonds. The van der Waals surface area contributed by atoms with Crippen molar-refractivity contribution in [3.05, 3.63) is 11.8 Å². The third-order valence-corrected chi connectivity index (χ3v) is 5.21.